The lowest BCUT2D eigenvalue weighted by atomic mass is 10.1. The van der Waals surface area contributed by atoms with E-state index in [9.17, 15) is 0 Å². The van der Waals surface area contributed by atoms with E-state index in [1.165, 1.54) is 0 Å². The molecule has 0 atom stereocenters. The van der Waals surface area contributed by atoms with Crippen LogP contribution in [0, 0.1) is 6.92 Å². The summed E-state index contributed by atoms with van der Waals surface area (Å²) in [5.74, 6) is 0.648. The molecule has 0 fully saturated rings. The van der Waals surface area contributed by atoms with Crippen LogP contribution in [-0.2, 0) is 6.54 Å². The van der Waals surface area contributed by atoms with E-state index >= 15 is 0 Å². The molecule has 4 nitrogen and oxygen atoms in total. The Morgan fingerprint density at radius 3 is 2.80 bits per heavy atom. The molecule has 0 aliphatic carbocycles. The van der Waals surface area contributed by atoms with E-state index in [1.54, 1.807) is 12.3 Å². The first-order valence-corrected chi connectivity index (χ1v) is 6.85. The second-order valence-corrected chi connectivity index (χ2v) is 6.16. The number of hydrogen-bond acceptors (Lipinski definition) is 4. The lowest BCUT2D eigenvalue weighted by molar-refractivity contribution is 0.329. The molecule has 1 aromatic carbocycles. The van der Waals surface area contributed by atoms with E-state index in [1.807, 2.05) is 19.1 Å². The Labute approximate surface area is 124 Å². The maximum atomic E-state index is 5.95. The highest BCUT2D eigenvalue weighted by molar-refractivity contribution is 6.30. The zero-order valence-corrected chi connectivity index (χ0v) is 12.9. The summed E-state index contributed by atoms with van der Waals surface area (Å²) in [7, 11) is 0. The summed E-state index contributed by atoms with van der Waals surface area (Å²) >= 11 is 5.95. The molecule has 5 heteroatoms. The number of halogens is 1. The number of oxazole rings is 1. The fourth-order valence-electron chi connectivity index (χ4n) is 1.55. The normalized spacial score (nSPS) is 11.7. The molecule has 1 aromatic heterocycles. The quantitative estimate of drug-likeness (QED) is 0.912. The smallest absolute Gasteiger partial charge is 0.399 e. The van der Waals surface area contributed by atoms with Crippen LogP contribution < -0.4 is 10.1 Å². The summed E-state index contributed by atoms with van der Waals surface area (Å²) < 4.78 is 10.9. The van der Waals surface area contributed by atoms with Crippen molar-refractivity contribution in [3.05, 3.63) is 40.7 Å². The van der Waals surface area contributed by atoms with Crippen LogP contribution in [-0.4, -0.2) is 10.5 Å². The van der Waals surface area contributed by atoms with Gasteiger partial charge in [-0.3, -0.25) is 0 Å². The molecule has 2 rings (SSSR count). The summed E-state index contributed by atoms with van der Waals surface area (Å²) in [5, 5.41) is 3.95. The molecule has 0 spiro atoms. The van der Waals surface area contributed by atoms with Gasteiger partial charge in [0.15, 0.2) is 0 Å². The minimum Gasteiger partial charge on any atom is -0.417 e. The predicted molar refractivity (Wildman–Crippen MR) is 79.4 cm³/mol. The van der Waals surface area contributed by atoms with Gasteiger partial charge in [-0.05, 0) is 45.4 Å². The van der Waals surface area contributed by atoms with E-state index in [4.69, 9.17) is 20.8 Å². The molecule has 0 aliphatic heterocycles. The van der Waals surface area contributed by atoms with E-state index in [0.29, 0.717) is 17.3 Å². The van der Waals surface area contributed by atoms with Gasteiger partial charge in [-0.25, -0.2) is 0 Å². The van der Waals surface area contributed by atoms with E-state index < -0.39 is 0 Å². The maximum absolute atomic E-state index is 5.95. The predicted octanol–water partition coefficient (Wildman–Crippen LogP) is 4.32. The van der Waals surface area contributed by atoms with E-state index in [2.05, 4.69) is 31.1 Å². The van der Waals surface area contributed by atoms with Crippen molar-refractivity contribution in [3.63, 3.8) is 0 Å². The van der Waals surface area contributed by atoms with Gasteiger partial charge in [-0.15, -0.1) is 0 Å². The summed E-state index contributed by atoms with van der Waals surface area (Å²) in [6.07, 6.45) is 1.81. The van der Waals surface area contributed by atoms with Gasteiger partial charge < -0.3 is 14.5 Å². The van der Waals surface area contributed by atoms with Gasteiger partial charge in [0.05, 0.1) is 5.69 Å². The molecular formula is C15H19ClN2O2. The van der Waals surface area contributed by atoms with Gasteiger partial charge in [-0.1, -0.05) is 17.7 Å². The molecule has 0 amide bonds. The lowest BCUT2D eigenvalue weighted by Crippen LogP contribution is -2.35. The van der Waals surface area contributed by atoms with Crippen molar-refractivity contribution in [3.8, 4) is 11.8 Å². The molecular weight excluding hydrogens is 276 g/mol. The third kappa shape index (κ3) is 4.25. The number of hydrogen-bond donors (Lipinski definition) is 1. The molecule has 0 saturated carbocycles. The Morgan fingerprint density at radius 2 is 2.10 bits per heavy atom. The van der Waals surface area contributed by atoms with E-state index in [0.717, 1.165) is 11.3 Å². The van der Waals surface area contributed by atoms with Crippen molar-refractivity contribution in [2.24, 2.45) is 0 Å². The number of nitrogens with one attached hydrogen (secondary N) is 1. The number of benzene rings is 1. The van der Waals surface area contributed by atoms with Crippen molar-refractivity contribution < 1.29 is 9.15 Å². The number of nitrogens with zero attached hydrogens (tertiary/aromatic N) is 1. The minimum atomic E-state index is 0.0313. The van der Waals surface area contributed by atoms with Crippen molar-refractivity contribution in [2.45, 2.75) is 39.8 Å². The standard InChI is InChI=1S/C15H19ClN2O2/c1-10-5-6-11(16)7-13(10)20-14-18-12(9-19-14)8-17-15(2,3)4/h5-7,9,17H,8H2,1-4H3. The number of aryl methyl sites for hydroxylation is 1. The molecule has 1 heterocycles. The SMILES string of the molecule is Cc1ccc(Cl)cc1Oc1nc(CNC(C)(C)C)co1. The second-order valence-electron chi connectivity index (χ2n) is 5.72. The van der Waals surface area contributed by atoms with Crippen LogP contribution in [0.15, 0.2) is 28.9 Å². The highest BCUT2D eigenvalue weighted by atomic mass is 35.5. The maximum Gasteiger partial charge on any atom is 0.399 e. The Bertz CT molecular complexity index is 588. The van der Waals surface area contributed by atoms with Crippen LogP contribution >= 0.6 is 11.6 Å². The summed E-state index contributed by atoms with van der Waals surface area (Å²) in [6, 6.07) is 5.45. The molecule has 0 bridgehead atoms. The average molecular weight is 295 g/mol. The molecule has 0 saturated heterocycles. The van der Waals surface area contributed by atoms with Crippen molar-refractivity contribution >= 4 is 11.6 Å². The highest BCUT2D eigenvalue weighted by Gasteiger charge is 2.12. The van der Waals surface area contributed by atoms with Gasteiger partial charge >= 0.3 is 6.08 Å². The Kier molecular flexibility index (Phi) is 4.35. The number of rotatable bonds is 4. The van der Waals surface area contributed by atoms with Crippen LogP contribution in [0.1, 0.15) is 32.0 Å². The zero-order valence-electron chi connectivity index (χ0n) is 12.2. The molecule has 0 radical (unpaired) electrons. The van der Waals surface area contributed by atoms with Gasteiger partial charge in [0.1, 0.15) is 12.0 Å². The first-order valence-electron chi connectivity index (χ1n) is 6.47. The first-order chi connectivity index (χ1) is 9.33. The fourth-order valence-corrected chi connectivity index (χ4v) is 1.71. The third-order valence-electron chi connectivity index (χ3n) is 2.68. The molecule has 2 aromatic rings. The average Bonchev–Trinajstić information content (AvgIpc) is 2.78. The second kappa shape index (κ2) is 5.85. The monoisotopic (exact) mass is 294 g/mol. The van der Waals surface area contributed by atoms with Crippen LogP contribution in [0.4, 0.5) is 0 Å². The molecule has 1 N–H and O–H groups in total. The first kappa shape index (κ1) is 14.9. The lowest BCUT2D eigenvalue weighted by Gasteiger charge is -2.19. The Balaban J connectivity index is 2.04. The van der Waals surface area contributed by atoms with Crippen molar-refractivity contribution in [1.82, 2.24) is 10.3 Å². The molecule has 108 valence electrons. The van der Waals surface area contributed by atoms with Crippen molar-refractivity contribution in [1.29, 1.82) is 0 Å². The fraction of sp³-hybridized carbons (Fsp3) is 0.400. The molecule has 0 aliphatic rings. The van der Waals surface area contributed by atoms with E-state index in [-0.39, 0.29) is 11.6 Å². The van der Waals surface area contributed by atoms with Gasteiger partial charge in [0.2, 0.25) is 0 Å². The largest absolute Gasteiger partial charge is 0.417 e. The number of ether oxygens (including phenoxy) is 1. The van der Waals surface area contributed by atoms with Crippen LogP contribution in [0.2, 0.25) is 5.02 Å². The summed E-state index contributed by atoms with van der Waals surface area (Å²) in [5.41, 5.74) is 1.81. The molecule has 20 heavy (non-hydrogen) atoms. The zero-order chi connectivity index (χ0) is 14.8. The third-order valence-corrected chi connectivity index (χ3v) is 2.91. The van der Waals surface area contributed by atoms with Crippen LogP contribution in [0.3, 0.4) is 0 Å². The Hall–Kier alpha value is -1.52. The van der Waals surface area contributed by atoms with Crippen LogP contribution in [0.5, 0.6) is 11.8 Å². The number of aromatic nitrogens is 1. The summed E-state index contributed by atoms with van der Waals surface area (Å²) in [6.45, 7) is 8.86. The summed E-state index contributed by atoms with van der Waals surface area (Å²) in [4.78, 5) is 4.28. The topological polar surface area (TPSA) is 47.3 Å². The minimum absolute atomic E-state index is 0.0313. The van der Waals surface area contributed by atoms with Gasteiger partial charge in [-0.2, -0.15) is 4.98 Å². The Morgan fingerprint density at radius 1 is 1.35 bits per heavy atom. The van der Waals surface area contributed by atoms with Gasteiger partial charge in [0.25, 0.3) is 0 Å². The highest BCUT2D eigenvalue weighted by Crippen LogP contribution is 2.27. The van der Waals surface area contributed by atoms with Crippen molar-refractivity contribution in [2.75, 3.05) is 0 Å². The van der Waals surface area contributed by atoms with Crippen LogP contribution in [0.25, 0.3) is 0 Å². The van der Waals surface area contributed by atoms with Gasteiger partial charge in [0, 0.05) is 17.1 Å². The molecule has 0 unspecified atom stereocenters.